The molecule has 0 atom stereocenters. The number of para-hydroxylation sites is 1. The number of halogens is 1. The third-order valence-corrected chi connectivity index (χ3v) is 6.18. The highest BCUT2D eigenvalue weighted by Crippen LogP contribution is 2.19. The molecular weight excluding hydrogens is 527 g/mol. The predicted molar refractivity (Wildman–Crippen MR) is 142 cm³/mol. The number of hydrogen-bond donors (Lipinski definition) is 2. The summed E-state index contributed by atoms with van der Waals surface area (Å²) in [6, 6.07) is 10.9. The number of nitrogens with one attached hydrogen (secondary N) is 2. The van der Waals surface area contributed by atoms with Crippen molar-refractivity contribution in [1.82, 2.24) is 35.2 Å². The molecule has 0 aliphatic heterocycles. The number of aliphatic imine (C=N–C) groups is 1. The van der Waals surface area contributed by atoms with Gasteiger partial charge in [0.25, 0.3) is 0 Å². The van der Waals surface area contributed by atoms with E-state index in [0.717, 1.165) is 40.2 Å². The van der Waals surface area contributed by atoms with Crippen LogP contribution in [0.1, 0.15) is 60.7 Å². The lowest BCUT2D eigenvalue weighted by Crippen LogP contribution is -2.44. The number of nitrogens with zero attached hydrogens (tertiary/aromatic N) is 6. The first-order valence-electron chi connectivity index (χ1n) is 11.5. The maximum absolute atomic E-state index is 4.96. The van der Waals surface area contributed by atoms with Crippen molar-refractivity contribution in [3.63, 3.8) is 0 Å². The van der Waals surface area contributed by atoms with Crippen molar-refractivity contribution in [2.45, 2.75) is 72.0 Å². The van der Waals surface area contributed by atoms with Crippen molar-refractivity contribution in [2.75, 3.05) is 0 Å². The van der Waals surface area contributed by atoms with Crippen molar-refractivity contribution < 1.29 is 0 Å². The second-order valence-electron chi connectivity index (χ2n) is 8.69. The molecule has 0 radical (unpaired) electrons. The van der Waals surface area contributed by atoms with Gasteiger partial charge >= 0.3 is 0 Å². The molecule has 9 heteroatoms. The molecular formula is C24H35IN8. The Hall–Kier alpha value is -2.43. The minimum absolute atomic E-state index is 0. The highest BCUT2D eigenvalue weighted by Gasteiger charge is 2.16. The number of aromatic nitrogens is 5. The third kappa shape index (κ3) is 6.33. The first-order chi connectivity index (χ1) is 15.5. The Kier molecular flexibility index (Phi) is 8.87. The van der Waals surface area contributed by atoms with E-state index in [9.17, 15) is 0 Å². The number of hydrogen-bond acceptors (Lipinski definition) is 4. The van der Waals surface area contributed by atoms with E-state index in [-0.39, 0.29) is 24.0 Å². The summed E-state index contributed by atoms with van der Waals surface area (Å²) in [7, 11) is 1.99. The van der Waals surface area contributed by atoms with Crippen LogP contribution in [0, 0.1) is 20.8 Å². The zero-order valence-electron chi connectivity index (χ0n) is 20.0. The molecule has 1 aliphatic carbocycles. The monoisotopic (exact) mass is 562 g/mol. The Morgan fingerprint density at radius 3 is 2.52 bits per heavy atom. The molecule has 2 N–H and O–H groups in total. The van der Waals surface area contributed by atoms with E-state index < -0.39 is 0 Å². The van der Waals surface area contributed by atoms with Crippen LogP contribution in [0.15, 0.2) is 35.3 Å². The van der Waals surface area contributed by atoms with Crippen LogP contribution in [0.2, 0.25) is 0 Å². The summed E-state index contributed by atoms with van der Waals surface area (Å²) in [6.07, 6.45) is 6.24. The van der Waals surface area contributed by atoms with Crippen molar-refractivity contribution in [3.05, 3.63) is 58.9 Å². The number of benzene rings is 1. The second-order valence-corrected chi connectivity index (χ2v) is 8.69. The molecule has 1 saturated carbocycles. The normalized spacial score (nSPS) is 14.7. The lowest BCUT2D eigenvalue weighted by molar-refractivity contribution is 0.409. The molecule has 0 spiro atoms. The molecule has 2 aromatic heterocycles. The summed E-state index contributed by atoms with van der Waals surface area (Å²) < 4.78 is 4.01. The largest absolute Gasteiger partial charge is 0.354 e. The van der Waals surface area contributed by atoms with Gasteiger partial charge in [-0.3, -0.25) is 0 Å². The van der Waals surface area contributed by atoms with Gasteiger partial charge < -0.3 is 15.2 Å². The van der Waals surface area contributed by atoms with Crippen LogP contribution >= 0.6 is 24.0 Å². The average Bonchev–Trinajstić information content (AvgIpc) is 3.31. The van der Waals surface area contributed by atoms with Gasteiger partial charge in [0, 0.05) is 18.8 Å². The van der Waals surface area contributed by atoms with Gasteiger partial charge in [-0.05, 0) is 51.3 Å². The predicted octanol–water partition coefficient (Wildman–Crippen LogP) is 4.11. The fourth-order valence-electron chi connectivity index (χ4n) is 4.25. The summed E-state index contributed by atoms with van der Waals surface area (Å²) in [5, 5.41) is 20.2. The quantitative estimate of drug-likeness (QED) is 0.269. The minimum atomic E-state index is 0. The van der Waals surface area contributed by atoms with E-state index in [1.807, 2.05) is 30.1 Å². The van der Waals surface area contributed by atoms with Crippen LogP contribution in [-0.2, 0) is 20.1 Å². The Labute approximate surface area is 213 Å². The maximum Gasteiger partial charge on any atom is 0.192 e. The van der Waals surface area contributed by atoms with E-state index in [2.05, 4.69) is 63.2 Å². The maximum atomic E-state index is 4.96. The van der Waals surface area contributed by atoms with E-state index >= 15 is 0 Å². The summed E-state index contributed by atoms with van der Waals surface area (Å²) in [5.74, 6) is 2.61. The Morgan fingerprint density at radius 2 is 1.85 bits per heavy atom. The first-order valence-corrected chi connectivity index (χ1v) is 11.5. The fraction of sp³-hybridized carbons (Fsp3) is 0.500. The van der Waals surface area contributed by atoms with Gasteiger partial charge in [0.2, 0.25) is 0 Å². The van der Waals surface area contributed by atoms with Crippen LogP contribution in [-0.4, -0.2) is 36.5 Å². The van der Waals surface area contributed by atoms with Crippen molar-refractivity contribution in [1.29, 1.82) is 0 Å². The van der Waals surface area contributed by atoms with Gasteiger partial charge in [0.15, 0.2) is 11.8 Å². The molecule has 178 valence electrons. The Bertz CT molecular complexity index is 1080. The van der Waals surface area contributed by atoms with Crippen LogP contribution in [0.3, 0.4) is 0 Å². The molecule has 4 rings (SSSR count). The molecule has 33 heavy (non-hydrogen) atoms. The summed E-state index contributed by atoms with van der Waals surface area (Å²) in [4.78, 5) is 4.96. The Morgan fingerprint density at radius 1 is 1.09 bits per heavy atom. The van der Waals surface area contributed by atoms with Crippen molar-refractivity contribution in [2.24, 2.45) is 12.0 Å². The summed E-state index contributed by atoms with van der Waals surface area (Å²) in [5.41, 5.74) is 4.34. The molecule has 8 nitrogen and oxygen atoms in total. The molecule has 0 unspecified atom stereocenters. The molecule has 1 aromatic carbocycles. The highest BCUT2D eigenvalue weighted by molar-refractivity contribution is 14.0. The number of rotatable bonds is 6. The van der Waals surface area contributed by atoms with Gasteiger partial charge in [0.05, 0.1) is 24.5 Å². The molecule has 0 amide bonds. The standard InChI is InChI=1S/C24H34N8.HI/c1-17-14-18(2)32(30-17)22-13-9-8-10-20(22)15-25-24(27-21-11-6-5-7-12-21)26-16-23-29-28-19(3)31(23)4;/h8-10,13-14,21H,5-7,11-12,15-16H2,1-4H3,(H2,25,26,27);1H. The molecule has 1 aliphatic rings. The van der Waals surface area contributed by atoms with Gasteiger partial charge in [-0.15, -0.1) is 34.2 Å². The van der Waals surface area contributed by atoms with E-state index in [1.54, 1.807) is 0 Å². The lowest BCUT2D eigenvalue weighted by atomic mass is 9.96. The lowest BCUT2D eigenvalue weighted by Gasteiger charge is -2.25. The minimum Gasteiger partial charge on any atom is -0.354 e. The van der Waals surface area contributed by atoms with Gasteiger partial charge in [0.1, 0.15) is 5.82 Å². The Balaban J connectivity index is 0.00000306. The van der Waals surface area contributed by atoms with E-state index in [1.165, 1.54) is 32.1 Å². The zero-order chi connectivity index (χ0) is 22.5. The van der Waals surface area contributed by atoms with E-state index in [4.69, 9.17) is 4.99 Å². The number of aryl methyl sites for hydroxylation is 3. The van der Waals surface area contributed by atoms with Gasteiger partial charge in [-0.1, -0.05) is 37.5 Å². The molecule has 0 saturated heterocycles. The third-order valence-electron chi connectivity index (χ3n) is 6.18. The zero-order valence-corrected chi connectivity index (χ0v) is 22.3. The van der Waals surface area contributed by atoms with Crippen LogP contribution in [0.5, 0.6) is 0 Å². The van der Waals surface area contributed by atoms with Crippen LogP contribution < -0.4 is 10.6 Å². The van der Waals surface area contributed by atoms with Gasteiger partial charge in [-0.2, -0.15) is 5.10 Å². The van der Waals surface area contributed by atoms with Crippen molar-refractivity contribution in [3.8, 4) is 5.69 Å². The number of guanidine groups is 1. The van der Waals surface area contributed by atoms with Crippen LogP contribution in [0.4, 0.5) is 0 Å². The highest BCUT2D eigenvalue weighted by atomic mass is 127. The van der Waals surface area contributed by atoms with E-state index in [0.29, 0.717) is 19.1 Å². The van der Waals surface area contributed by atoms with Gasteiger partial charge in [-0.25, -0.2) is 9.67 Å². The smallest absolute Gasteiger partial charge is 0.192 e. The molecule has 3 aromatic rings. The summed E-state index contributed by atoms with van der Waals surface area (Å²) in [6.45, 7) is 7.21. The SMILES string of the molecule is Cc1cc(C)n(-c2ccccc2CN=C(NCc2nnc(C)n2C)NC2CCCCC2)n1.I. The average molecular weight is 563 g/mol. The molecule has 0 bridgehead atoms. The van der Waals surface area contributed by atoms with Crippen LogP contribution in [0.25, 0.3) is 5.69 Å². The molecule has 1 fully saturated rings. The second kappa shape index (κ2) is 11.6. The topological polar surface area (TPSA) is 85.0 Å². The first kappa shape index (κ1) is 25.2. The molecule has 2 heterocycles. The summed E-state index contributed by atoms with van der Waals surface area (Å²) >= 11 is 0. The van der Waals surface area contributed by atoms with Crippen molar-refractivity contribution >= 4 is 29.9 Å². The fourth-order valence-corrected chi connectivity index (χ4v) is 4.25.